The van der Waals surface area contributed by atoms with Gasteiger partial charge >= 0.3 is 0 Å². The smallest absolute Gasteiger partial charge is 0.120 e. The summed E-state index contributed by atoms with van der Waals surface area (Å²) in [5.74, 6) is 1.10. The second-order valence-corrected chi connectivity index (χ2v) is 6.31. The van der Waals surface area contributed by atoms with Crippen LogP contribution in [-0.4, -0.2) is 27.5 Å². The molecule has 2 aromatic rings. The number of nitrogens with one attached hydrogen (secondary N) is 1. The van der Waals surface area contributed by atoms with Gasteiger partial charge < -0.3 is 4.98 Å². The number of thiophene rings is 1. The monoisotopic (exact) mass is 275 g/mol. The van der Waals surface area contributed by atoms with Gasteiger partial charge in [0, 0.05) is 23.3 Å². The number of nitrogens with zero attached hydrogens (tertiary/aromatic N) is 2. The highest BCUT2D eigenvalue weighted by Crippen LogP contribution is 2.23. The quantitative estimate of drug-likeness (QED) is 0.906. The third-order valence-electron chi connectivity index (χ3n) is 3.96. The summed E-state index contributed by atoms with van der Waals surface area (Å²) in [5, 5.41) is 2.18. The molecule has 3 rings (SSSR count). The van der Waals surface area contributed by atoms with Gasteiger partial charge in [0.05, 0.1) is 6.54 Å². The summed E-state index contributed by atoms with van der Waals surface area (Å²) in [6.07, 6.45) is 10.3. The Morgan fingerprint density at radius 3 is 3.21 bits per heavy atom. The zero-order chi connectivity index (χ0) is 12.9. The van der Waals surface area contributed by atoms with Crippen LogP contribution in [0.3, 0.4) is 0 Å². The molecule has 4 heteroatoms. The van der Waals surface area contributed by atoms with Gasteiger partial charge in [0.1, 0.15) is 5.82 Å². The van der Waals surface area contributed by atoms with Crippen LogP contribution in [0.4, 0.5) is 0 Å². The number of imidazole rings is 1. The van der Waals surface area contributed by atoms with Crippen molar-refractivity contribution >= 4 is 11.3 Å². The zero-order valence-electron chi connectivity index (χ0n) is 11.2. The van der Waals surface area contributed by atoms with E-state index in [4.69, 9.17) is 0 Å². The van der Waals surface area contributed by atoms with Crippen molar-refractivity contribution in [3.8, 4) is 0 Å². The molecule has 0 aliphatic carbocycles. The Balaban J connectivity index is 1.57. The van der Waals surface area contributed by atoms with Gasteiger partial charge in [0.15, 0.2) is 0 Å². The minimum Gasteiger partial charge on any atom is -0.348 e. The summed E-state index contributed by atoms with van der Waals surface area (Å²) >= 11 is 1.88. The van der Waals surface area contributed by atoms with Crippen LogP contribution < -0.4 is 0 Å². The summed E-state index contributed by atoms with van der Waals surface area (Å²) in [6.45, 7) is 2.19. The maximum Gasteiger partial charge on any atom is 0.120 e. The molecule has 1 atom stereocenters. The first-order chi connectivity index (χ1) is 9.42. The van der Waals surface area contributed by atoms with E-state index in [1.807, 2.05) is 23.7 Å². The lowest BCUT2D eigenvalue weighted by Crippen LogP contribution is -2.39. The summed E-state index contributed by atoms with van der Waals surface area (Å²) in [5.41, 5.74) is 0. The predicted molar refractivity (Wildman–Crippen MR) is 79.3 cm³/mol. The molecule has 0 bridgehead atoms. The molecule has 3 nitrogen and oxygen atoms in total. The number of rotatable bonds is 5. The molecule has 0 unspecified atom stereocenters. The average Bonchev–Trinajstić information content (AvgIpc) is 3.10. The summed E-state index contributed by atoms with van der Waals surface area (Å²) < 4.78 is 0. The van der Waals surface area contributed by atoms with Gasteiger partial charge in [-0.1, -0.05) is 12.5 Å². The van der Waals surface area contributed by atoms with Crippen LogP contribution >= 0.6 is 11.3 Å². The van der Waals surface area contributed by atoms with Crippen LogP contribution in [0.5, 0.6) is 0 Å². The first-order valence-corrected chi connectivity index (χ1v) is 8.04. The Kier molecular flexibility index (Phi) is 4.30. The predicted octanol–water partition coefficient (Wildman–Crippen LogP) is 3.46. The van der Waals surface area contributed by atoms with Gasteiger partial charge in [-0.3, -0.25) is 4.90 Å². The number of piperidine rings is 1. The molecule has 0 aromatic carbocycles. The summed E-state index contributed by atoms with van der Waals surface area (Å²) in [4.78, 5) is 11.7. The normalized spacial score (nSPS) is 20.7. The SMILES string of the molecule is c1csc(CC[C@H]2CCCCN2Cc2ncc[nH]2)c1. The fraction of sp³-hybridized carbons (Fsp3) is 0.533. The molecule has 0 amide bonds. The molecular weight excluding hydrogens is 254 g/mol. The van der Waals surface area contributed by atoms with Gasteiger partial charge in [-0.25, -0.2) is 4.98 Å². The molecule has 3 heterocycles. The maximum absolute atomic E-state index is 4.36. The molecule has 0 saturated carbocycles. The number of hydrogen-bond acceptors (Lipinski definition) is 3. The van der Waals surface area contributed by atoms with E-state index in [0.717, 1.165) is 18.4 Å². The van der Waals surface area contributed by atoms with E-state index in [2.05, 4.69) is 32.4 Å². The Hall–Kier alpha value is -1.13. The molecule has 0 spiro atoms. The number of likely N-dealkylation sites (tertiary alicyclic amines) is 1. The van der Waals surface area contributed by atoms with Gasteiger partial charge in [-0.05, 0) is 43.7 Å². The van der Waals surface area contributed by atoms with Crippen molar-refractivity contribution in [3.05, 3.63) is 40.6 Å². The van der Waals surface area contributed by atoms with E-state index in [9.17, 15) is 0 Å². The van der Waals surface area contributed by atoms with Crippen molar-refractivity contribution in [1.82, 2.24) is 14.9 Å². The van der Waals surface area contributed by atoms with Gasteiger partial charge in [-0.15, -0.1) is 11.3 Å². The maximum atomic E-state index is 4.36. The molecule has 1 aliphatic heterocycles. The number of aromatic nitrogens is 2. The molecule has 2 aromatic heterocycles. The Morgan fingerprint density at radius 1 is 1.42 bits per heavy atom. The van der Waals surface area contributed by atoms with E-state index < -0.39 is 0 Å². The van der Waals surface area contributed by atoms with Crippen LogP contribution in [0.2, 0.25) is 0 Å². The van der Waals surface area contributed by atoms with Crippen LogP contribution in [0, 0.1) is 0 Å². The summed E-state index contributed by atoms with van der Waals surface area (Å²) in [6, 6.07) is 5.13. The Labute approximate surface area is 118 Å². The molecule has 1 aliphatic rings. The highest BCUT2D eigenvalue weighted by Gasteiger charge is 2.22. The highest BCUT2D eigenvalue weighted by molar-refractivity contribution is 7.09. The van der Waals surface area contributed by atoms with Crippen molar-refractivity contribution in [2.75, 3.05) is 6.54 Å². The second-order valence-electron chi connectivity index (χ2n) is 5.27. The van der Waals surface area contributed by atoms with Crippen LogP contribution in [0.15, 0.2) is 29.9 Å². The number of aromatic amines is 1. The summed E-state index contributed by atoms with van der Waals surface area (Å²) in [7, 11) is 0. The van der Waals surface area contributed by atoms with E-state index in [0.29, 0.717) is 0 Å². The molecule has 0 radical (unpaired) electrons. The molecular formula is C15H21N3S. The van der Waals surface area contributed by atoms with Crippen molar-refractivity contribution in [2.45, 2.75) is 44.7 Å². The average molecular weight is 275 g/mol. The molecule has 1 N–H and O–H groups in total. The third-order valence-corrected chi connectivity index (χ3v) is 4.90. The standard InChI is InChI=1S/C15H21N3S/c1-2-10-18(12-15-16-8-9-17-15)13(4-1)6-7-14-5-3-11-19-14/h3,5,8-9,11,13H,1-2,4,6-7,10,12H2,(H,16,17)/t13-/m1/s1. The van der Waals surface area contributed by atoms with Crippen molar-refractivity contribution in [1.29, 1.82) is 0 Å². The van der Waals surface area contributed by atoms with Gasteiger partial charge in [0.2, 0.25) is 0 Å². The minimum absolute atomic E-state index is 0.723. The zero-order valence-corrected chi connectivity index (χ0v) is 12.0. The van der Waals surface area contributed by atoms with Crippen molar-refractivity contribution < 1.29 is 0 Å². The fourth-order valence-electron chi connectivity index (χ4n) is 2.94. The number of hydrogen-bond donors (Lipinski definition) is 1. The first kappa shape index (κ1) is 12.9. The number of H-pyrrole nitrogens is 1. The topological polar surface area (TPSA) is 31.9 Å². The van der Waals surface area contributed by atoms with Crippen LogP contribution in [-0.2, 0) is 13.0 Å². The fourth-order valence-corrected chi connectivity index (χ4v) is 3.66. The van der Waals surface area contributed by atoms with Crippen molar-refractivity contribution in [3.63, 3.8) is 0 Å². The lowest BCUT2D eigenvalue weighted by Gasteiger charge is -2.35. The number of aryl methyl sites for hydroxylation is 1. The highest BCUT2D eigenvalue weighted by atomic mass is 32.1. The van der Waals surface area contributed by atoms with Crippen LogP contribution in [0.25, 0.3) is 0 Å². The molecule has 19 heavy (non-hydrogen) atoms. The Morgan fingerprint density at radius 2 is 2.42 bits per heavy atom. The molecule has 1 saturated heterocycles. The second kappa shape index (κ2) is 6.35. The van der Waals surface area contributed by atoms with Crippen molar-refractivity contribution in [2.24, 2.45) is 0 Å². The lowest BCUT2D eigenvalue weighted by molar-refractivity contribution is 0.129. The van der Waals surface area contributed by atoms with E-state index in [1.165, 1.54) is 43.5 Å². The lowest BCUT2D eigenvalue weighted by atomic mass is 9.97. The minimum atomic E-state index is 0.723. The Bertz CT molecular complexity index is 464. The first-order valence-electron chi connectivity index (χ1n) is 7.16. The molecule has 1 fully saturated rings. The third kappa shape index (κ3) is 3.45. The van der Waals surface area contributed by atoms with Gasteiger partial charge in [-0.2, -0.15) is 0 Å². The van der Waals surface area contributed by atoms with E-state index in [-0.39, 0.29) is 0 Å². The molecule has 102 valence electrons. The van der Waals surface area contributed by atoms with Crippen LogP contribution in [0.1, 0.15) is 36.4 Å². The van der Waals surface area contributed by atoms with E-state index >= 15 is 0 Å². The van der Waals surface area contributed by atoms with Gasteiger partial charge in [0.25, 0.3) is 0 Å². The largest absolute Gasteiger partial charge is 0.348 e. The van der Waals surface area contributed by atoms with E-state index in [1.54, 1.807) is 0 Å².